The van der Waals surface area contributed by atoms with Crippen LogP contribution in [0.3, 0.4) is 0 Å². The zero-order valence-corrected chi connectivity index (χ0v) is 11.5. The second-order valence-corrected chi connectivity index (χ2v) is 4.95. The molecule has 106 valence electrons. The summed E-state index contributed by atoms with van der Waals surface area (Å²) in [5, 5.41) is 8.36. The predicted molar refractivity (Wildman–Crippen MR) is 73.2 cm³/mol. The third kappa shape index (κ3) is 2.73. The number of hydrogen-bond donors (Lipinski definition) is 0. The van der Waals surface area contributed by atoms with Crippen LogP contribution in [0.4, 0.5) is 0 Å². The van der Waals surface area contributed by atoms with Gasteiger partial charge >= 0.3 is 0 Å². The van der Waals surface area contributed by atoms with Gasteiger partial charge in [-0.1, -0.05) is 18.2 Å². The molecule has 1 fully saturated rings. The minimum absolute atomic E-state index is 0.222. The molecule has 0 saturated carbocycles. The normalized spacial score (nSPS) is 19.1. The van der Waals surface area contributed by atoms with Crippen LogP contribution >= 0.6 is 0 Å². The number of methoxy groups -OCH3 is 1. The first-order chi connectivity index (χ1) is 9.88. The molecule has 5 heteroatoms. The first kappa shape index (κ1) is 13.3. The van der Waals surface area contributed by atoms with E-state index >= 15 is 0 Å². The second-order valence-electron chi connectivity index (χ2n) is 4.95. The lowest BCUT2D eigenvalue weighted by Gasteiger charge is -2.18. The Kier molecular flexibility index (Phi) is 4.08. The van der Waals surface area contributed by atoms with Crippen LogP contribution < -0.4 is 0 Å². The SMILES string of the molecule is COCc1ccccc1-c1nnc(C2CCCOC2)o1. The second kappa shape index (κ2) is 6.15. The van der Waals surface area contributed by atoms with E-state index < -0.39 is 0 Å². The Morgan fingerprint density at radius 2 is 2.20 bits per heavy atom. The van der Waals surface area contributed by atoms with Gasteiger partial charge in [0.05, 0.1) is 19.1 Å². The molecule has 1 aromatic carbocycles. The van der Waals surface area contributed by atoms with Crippen LogP contribution in [0.2, 0.25) is 0 Å². The number of nitrogens with zero attached hydrogens (tertiary/aromatic N) is 2. The zero-order valence-electron chi connectivity index (χ0n) is 11.5. The van der Waals surface area contributed by atoms with Gasteiger partial charge in [-0.05, 0) is 24.5 Å². The summed E-state index contributed by atoms with van der Waals surface area (Å²) in [6.45, 7) is 2.02. The maximum absolute atomic E-state index is 5.84. The molecule has 1 aromatic heterocycles. The molecule has 1 aliphatic heterocycles. The highest BCUT2D eigenvalue weighted by Crippen LogP contribution is 2.28. The highest BCUT2D eigenvalue weighted by Gasteiger charge is 2.22. The lowest BCUT2D eigenvalue weighted by Crippen LogP contribution is -2.15. The molecule has 1 aliphatic rings. The molecule has 2 aromatic rings. The maximum atomic E-state index is 5.84. The predicted octanol–water partition coefficient (Wildman–Crippen LogP) is 2.78. The van der Waals surface area contributed by atoms with Crippen LogP contribution in [0, 0.1) is 0 Å². The van der Waals surface area contributed by atoms with Crippen molar-refractivity contribution in [3.8, 4) is 11.5 Å². The van der Waals surface area contributed by atoms with Gasteiger partial charge in [0.1, 0.15) is 0 Å². The van der Waals surface area contributed by atoms with Gasteiger partial charge in [0.25, 0.3) is 0 Å². The summed E-state index contributed by atoms with van der Waals surface area (Å²) in [4.78, 5) is 0. The van der Waals surface area contributed by atoms with Gasteiger partial charge in [-0.2, -0.15) is 0 Å². The quantitative estimate of drug-likeness (QED) is 0.858. The number of ether oxygens (including phenoxy) is 2. The molecule has 5 nitrogen and oxygen atoms in total. The molecule has 1 saturated heterocycles. The molecule has 0 N–H and O–H groups in total. The number of aromatic nitrogens is 2. The number of rotatable bonds is 4. The van der Waals surface area contributed by atoms with E-state index in [-0.39, 0.29) is 5.92 Å². The van der Waals surface area contributed by atoms with Crippen molar-refractivity contribution in [3.05, 3.63) is 35.7 Å². The van der Waals surface area contributed by atoms with Gasteiger partial charge in [-0.25, -0.2) is 0 Å². The van der Waals surface area contributed by atoms with Gasteiger partial charge in [0, 0.05) is 19.3 Å². The van der Waals surface area contributed by atoms with Gasteiger partial charge in [0.2, 0.25) is 11.8 Å². The first-order valence-corrected chi connectivity index (χ1v) is 6.87. The maximum Gasteiger partial charge on any atom is 0.248 e. The van der Waals surface area contributed by atoms with Gasteiger partial charge in [-0.15, -0.1) is 10.2 Å². The number of benzene rings is 1. The molecule has 2 heterocycles. The summed E-state index contributed by atoms with van der Waals surface area (Å²) >= 11 is 0. The summed E-state index contributed by atoms with van der Waals surface area (Å²) in [6, 6.07) is 7.92. The molecule has 0 radical (unpaired) electrons. The smallest absolute Gasteiger partial charge is 0.248 e. The standard InChI is InChI=1S/C15H18N2O3/c1-18-9-11-5-2-3-7-13(11)15-17-16-14(20-15)12-6-4-8-19-10-12/h2-3,5,7,12H,4,6,8-10H2,1H3. The third-order valence-corrected chi connectivity index (χ3v) is 3.50. The van der Waals surface area contributed by atoms with Crippen LogP contribution in [0.25, 0.3) is 11.5 Å². The van der Waals surface area contributed by atoms with Gasteiger partial charge < -0.3 is 13.9 Å². The van der Waals surface area contributed by atoms with E-state index in [1.165, 1.54) is 0 Å². The Morgan fingerprint density at radius 1 is 1.30 bits per heavy atom. The summed E-state index contributed by atoms with van der Waals surface area (Å²) in [7, 11) is 1.68. The first-order valence-electron chi connectivity index (χ1n) is 6.87. The van der Waals surface area contributed by atoms with E-state index in [1.807, 2.05) is 24.3 Å². The van der Waals surface area contributed by atoms with E-state index in [1.54, 1.807) is 7.11 Å². The third-order valence-electron chi connectivity index (χ3n) is 3.50. The highest BCUT2D eigenvalue weighted by molar-refractivity contribution is 5.57. The minimum Gasteiger partial charge on any atom is -0.420 e. The molecule has 0 amide bonds. The minimum atomic E-state index is 0.222. The molecule has 1 atom stereocenters. The van der Waals surface area contributed by atoms with Crippen molar-refractivity contribution in [2.75, 3.05) is 20.3 Å². The summed E-state index contributed by atoms with van der Waals surface area (Å²) < 4.78 is 16.5. The lowest BCUT2D eigenvalue weighted by molar-refractivity contribution is 0.0727. The summed E-state index contributed by atoms with van der Waals surface area (Å²) in [5.74, 6) is 1.45. The average molecular weight is 274 g/mol. The monoisotopic (exact) mass is 274 g/mol. The van der Waals surface area contributed by atoms with Crippen molar-refractivity contribution in [2.24, 2.45) is 0 Å². The van der Waals surface area contributed by atoms with Crippen molar-refractivity contribution in [1.82, 2.24) is 10.2 Å². The molecule has 0 aliphatic carbocycles. The molecule has 20 heavy (non-hydrogen) atoms. The molecule has 0 spiro atoms. The van der Waals surface area contributed by atoms with Crippen LogP contribution in [0.1, 0.15) is 30.2 Å². The Bertz CT molecular complexity index is 562. The molecule has 3 rings (SSSR count). The molecular weight excluding hydrogens is 256 g/mol. The molecule has 1 unspecified atom stereocenters. The average Bonchev–Trinajstić information content (AvgIpc) is 2.99. The van der Waals surface area contributed by atoms with Crippen molar-refractivity contribution in [1.29, 1.82) is 0 Å². The zero-order chi connectivity index (χ0) is 13.8. The van der Waals surface area contributed by atoms with Crippen molar-refractivity contribution < 1.29 is 13.9 Å². The fourth-order valence-corrected chi connectivity index (χ4v) is 2.45. The topological polar surface area (TPSA) is 57.4 Å². The highest BCUT2D eigenvalue weighted by atomic mass is 16.5. The lowest BCUT2D eigenvalue weighted by atomic mass is 10.0. The molecular formula is C15H18N2O3. The van der Waals surface area contributed by atoms with Crippen LogP contribution in [0.5, 0.6) is 0 Å². The number of hydrogen-bond acceptors (Lipinski definition) is 5. The fourth-order valence-electron chi connectivity index (χ4n) is 2.45. The summed E-state index contributed by atoms with van der Waals surface area (Å²) in [5.41, 5.74) is 1.98. The van der Waals surface area contributed by atoms with Crippen molar-refractivity contribution in [2.45, 2.75) is 25.4 Å². The van der Waals surface area contributed by atoms with Crippen molar-refractivity contribution in [3.63, 3.8) is 0 Å². The van der Waals surface area contributed by atoms with Crippen molar-refractivity contribution >= 4 is 0 Å². The Labute approximate surface area is 117 Å². The van der Waals surface area contributed by atoms with E-state index in [4.69, 9.17) is 13.9 Å². The summed E-state index contributed by atoms with van der Waals surface area (Å²) in [6.07, 6.45) is 2.09. The van der Waals surface area contributed by atoms with E-state index in [2.05, 4.69) is 10.2 Å². The van der Waals surface area contributed by atoms with Gasteiger partial charge in [-0.3, -0.25) is 0 Å². The van der Waals surface area contributed by atoms with Crippen LogP contribution in [-0.2, 0) is 16.1 Å². The Balaban J connectivity index is 1.86. The van der Waals surface area contributed by atoms with E-state index in [0.29, 0.717) is 25.0 Å². The fraction of sp³-hybridized carbons (Fsp3) is 0.467. The van der Waals surface area contributed by atoms with Crippen LogP contribution in [0.15, 0.2) is 28.7 Å². The van der Waals surface area contributed by atoms with E-state index in [9.17, 15) is 0 Å². The largest absolute Gasteiger partial charge is 0.420 e. The Morgan fingerprint density at radius 3 is 3.00 bits per heavy atom. The van der Waals surface area contributed by atoms with Gasteiger partial charge in [0.15, 0.2) is 0 Å². The van der Waals surface area contributed by atoms with E-state index in [0.717, 1.165) is 30.6 Å². The van der Waals surface area contributed by atoms with Crippen LogP contribution in [-0.4, -0.2) is 30.5 Å². The molecule has 0 bridgehead atoms. The Hall–Kier alpha value is -1.72.